The van der Waals surface area contributed by atoms with Crippen molar-refractivity contribution in [2.24, 2.45) is 0 Å². The molecule has 0 unspecified atom stereocenters. The molecule has 4 heteroatoms. The van der Waals surface area contributed by atoms with Gasteiger partial charge in [0.05, 0.1) is 11.1 Å². The van der Waals surface area contributed by atoms with Crippen LogP contribution >= 0.6 is 0 Å². The molecular weight excluding hydrogens is 324 g/mol. The van der Waals surface area contributed by atoms with Crippen LogP contribution in [0, 0.1) is 6.92 Å². The molecular formula is C22H18N2O2. The van der Waals surface area contributed by atoms with E-state index in [2.05, 4.69) is 5.32 Å². The summed E-state index contributed by atoms with van der Waals surface area (Å²) in [6, 6.07) is 18.5. The lowest BCUT2D eigenvalue weighted by atomic mass is 9.82. The smallest absolute Gasteiger partial charge is 0.196 e. The maximum absolute atomic E-state index is 13.0. The van der Waals surface area contributed by atoms with E-state index in [1.54, 1.807) is 36.4 Å². The minimum absolute atomic E-state index is 0.172. The van der Waals surface area contributed by atoms with Gasteiger partial charge in [-0.15, -0.1) is 0 Å². The summed E-state index contributed by atoms with van der Waals surface area (Å²) < 4.78 is 0. The number of hydrogen-bond acceptors (Lipinski definition) is 4. The highest BCUT2D eigenvalue weighted by atomic mass is 16.1. The molecule has 3 aromatic carbocycles. The van der Waals surface area contributed by atoms with Crippen LogP contribution in [-0.2, 0) is 6.54 Å². The average molecular weight is 342 g/mol. The van der Waals surface area contributed by atoms with Gasteiger partial charge in [0.15, 0.2) is 11.6 Å². The Morgan fingerprint density at radius 3 is 2.08 bits per heavy atom. The summed E-state index contributed by atoms with van der Waals surface area (Å²) in [5.41, 5.74) is 10.8. The standard InChI is InChI=1S/C22H18N2O2/c1-13-6-8-14(9-7-13)12-24-18-11-10-17(23)19-20(18)22(26)16-5-3-2-4-15(16)21(19)25/h2-11,24H,12,23H2,1H3. The highest BCUT2D eigenvalue weighted by molar-refractivity contribution is 6.31. The van der Waals surface area contributed by atoms with Crippen molar-refractivity contribution in [3.8, 4) is 0 Å². The fourth-order valence-corrected chi connectivity index (χ4v) is 3.30. The van der Waals surface area contributed by atoms with Crippen LogP contribution in [0.4, 0.5) is 11.4 Å². The average Bonchev–Trinajstić information content (AvgIpc) is 2.66. The lowest BCUT2D eigenvalue weighted by molar-refractivity contribution is 0.0980. The van der Waals surface area contributed by atoms with Crippen molar-refractivity contribution in [1.82, 2.24) is 0 Å². The molecule has 0 spiro atoms. The quantitative estimate of drug-likeness (QED) is 0.553. The molecule has 1 aliphatic carbocycles. The number of ketones is 2. The van der Waals surface area contributed by atoms with Gasteiger partial charge in [0.1, 0.15) is 0 Å². The third kappa shape index (κ3) is 2.56. The van der Waals surface area contributed by atoms with E-state index in [4.69, 9.17) is 5.73 Å². The van der Waals surface area contributed by atoms with Gasteiger partial charge in [-0.1, -0.05) is 54.1 Å². The summed E-state index contributed by atoms with van der Waals surface area (Å²) >= 11 is 0. The first-order chi connectivity index (χ1) is 12.6. The summed E-state index contributed by atoms with van der Waals surface area (Å²) in [7, 11) is 0. The maximum Gasteiger partial charge on any atom is 0.196 e. The number of carbonyl (C=O) groups excluding carboxylic acids is 2. The molecule has 1 aliphatic rings. The van der Waals surface area contributed by atoms with Gasteiger partial charge in [-0.05, 0) is 24.6 Å². The van der Waals surface area contributed by atoms with Crippen LogP contribution < -0.4 is 11.1 Å². The molecule has 0 heterocycles. The second kappa shape index (κ2) is 6.15. The van der Waals surface area contributed by atoms with E-state index in [1.165, 1.54) is 5.56 Å². The van der Waals surface area contributed by atoms with Gasteiger partial charge in [0, 0.05) is 29.0 Å². The van der Waals surface area contributed by atoms with Crippen molar-refractivity contribution in [2.45, 2.75) is 13.5 Å². The van der Waals surface area contributed by atoms with E-state index in [-0.39, 0.29) is 11.6 Å². The van der Waals surface area contributed by atoms with Crippen molar-refractivity contribution >= 4 is 22.9 Å². The first kappa shape index (κ1) is 16.1. The van der Waals surface area contributed by atoms with Crippen molar-refractivity contribution in [3.05, 3.63) is 94.0 Å². The molecule has 0 bridgehead atoms. The zero-order valence-electron chi connectivity index (χ0n) is 14.4. The molecule has 26 heavy (non-hydrogen) atoms. The fourth-order valence-electron chi connectivity index (χ4n) is 3.30. The second-order valence-electron chi connectivity index (χ2n) is 6.50. The molecule has 3 N–H and O–H groups in total. The summed E-state index contributed by atoms with van der Waals surface area (Å²) in [6.07, 6.45) is 0. The fraction of sp³-hybridized carbons (Fsp3) is 0.0909. The Bertz CT molecular complexity index is 1040. The number of fused-ring (bicyclic) bond motifs is 2. The number of hydrogen-bond donors (Lipinski definition) is 2. The Morgan fingerprint density at radius 1 is 0.808 bits per heavy atom. The van der Waals surface area contributed by atoms with Crippen molar-refractivity contribution < 1.29 is 9.59 Å². The molecule has 0 saturated heterocycles. The minimum Gasteiger partial charge on any atom is -0.398 e. The topological polar surface area (TPSA) is 72.2 Å². The van der Waals surface area contributed by atoms with Gasteiger partial charge >= 0.3 is 0 Å². The predicted octanol–water partition coefficient (Wildman–Crippen LogP) is 3.96. The molecule has 0 amide bonds. The first-order valence-corrected chi connectivity index (χ1v) is 8.46. The Labute approximate surface area is 151 Å². The highest BCUT2D eigenvalue weighted by Crippen LogP contribution is 2.35. The van der Waals surface area contributed by atoms with Crippen LogP contribution in [0.15, 0.2) is 60.7 Å². The normalized spacial score (nSPS) is 12.5. The number of carbonyl (C=O) groups is 2. The largest absolute Gasteiger partial charge is 0.398 e. The van der Waals surface area contributed by atoms with E-state index in [0.29, 0.717) is 40.2 Å². The van der Waals surface area contributed by atoms with Crippen molar-refractivity contribution in [2.75, 3.05) is 11.1 Å². The molecule has 3 aromatic rings. The van der Waals surface area contributed by atoms with Crippen LogP contribution in [-0.4, -0.2) is 11.6 Å². The molecule has 0 fully saturated rings. The molecule has 0 aliphatic heterocycles. The van der Waals surface area contributed by atoms with E-state index in [9.17, 15) is 9.59 Å². The van der Waals surface area contributed by atoms with Crippen LogP contribution in [0.5, 0.6) is 0 Å². The van der Waals surface area contributed by atoms with E-state index < -0.39 is 0 Å². The third-order valence-corrected chi connectivity index (χ3v) is 4.71. The summed E-state index contributed by atoms with van der Waals surface area (Å²) in [5, 5.41) is 3.29. The number of nitrogen functional groups attached to an aromatic ring is 1. The number of nitrogens with one attached hydrogen (secondary N) is 1. The number of benzene rings is 3. The second-order valence-corrected chi connectivity index (χ2v) is 6.50. The lowest BCUT2D eigenvalue weighted by Crippen LogP contribution is -2.24. The molecule has 4 rings (SSSR count). The Hall–Kier alpha value is -3.40. The van der Waals surface area contributed by atoms with Gasteiger partial charge in [-0.3, -0.25) is 9.59 Å². The third-order valence-electron chi connectivity index (χ3n) is 4.71. The summed E-state index contributed by atoms with van der Waals surface area (Å²) in [6.45, 7) is 2.59. The highest BCUT2D eigenvalue weighted by Gasteiger charge is 2.33. The molecule has 0 radical (unpaired) electrons. The van der Waals surface area contributed by atoms with Gasteiger partial charge < -0.3 is 11.1 Å². The van der Waals surface area contributed by atoms with E-state index in [0.717, 1.165) is 5.56 Å². The Morgan fingerprint density at radius 2 is 1.42 bits per heavy atom. The molecule has 0 aromatic heterocycles. The summed E-state index contributed by atoms with van der Waals surface area (Å²) in [4.78, 5) is 25.9. The predicted molar refractivity (Wildman–Crippen MR) is 103 cm³/mol. The number of nitrogens with two attached hydrogens (primary N) is 1. The Balaban J connectivity index is 1.75. The van der Waals surface area contributed by atoms with Crippen LogP contribution in [0.1, 0.15) is 43.0 Å². The van der Waals surface area contributed by atoms with Crippen molar-refractivity contribution in [3.63, 3.8) is 0 Å². The molecule has 0 atom stereocenters. The first-order valence-electron chi connectivity index (χ1n) is 8.46. The zero-order chi connectivity index (χ0) is 18.3. The number of aryl methyl sites for hydroxylation is 1. The van der Waals surface area contributed by atoms with E-state index in [1.807, 2.05) is 31.2 Å². The van der Waals surface area contributed by atoms with Crippen LogP contribution in [0.3, 0.4) is 0 Å². The molecule has 0 saturated carbocycles. The molecule has 128 valence electrons. The van der Waals surface area contributed by atoms with Crippen molar-refractivity contribution in [1.29, 1.82) is 0 Å². The van der Waals surface area contributed by atoms with E-state index >= 15 is 0 Å². The number of rotatable bonds is 3. The minimum atomic E-state index is -0.202. The Kier molecular flexibility index (Phi) is 3.81. The zero-order valence-corrected chi connectivity index (χ0v) is 14.4. The van der Waals surface area contributed by atoms with Crippen LogP contribution in [0.2, 0.25) is 0 Å². The lowest BCUT2D eigenvalue weighted by Gasteiger charge is -2.22. The van der Waals surface area contributed by atoms with Gasteiger partial charge in [-0.25, -0.2) is 0 Å². The monoisotopic (exact) mass is 342 g/mol. The number of anilines is 2. The maximum atomic E-state index is 13.0. The SMILES string of the molecule is Cc1ccc(CNc2ccc(N)c3c2C(=O)c2ccccc2C3=O)cc1. The van der Waals surface area contributed by atoms with Gasteiger partial charge in [0.2, 0.25) is 0 Å². The van der Waals surface area contributed by atoms with Gasteiger partial charge in [-0.2, -0.15) is 0 Å². The van der Waals surface area contributed by atoms with Crippen LogP contribution in [0.25, 0.3) is 0 Å². The van der Waals surface area contributed by atoms with Gasteiger partial charge in [0.25, 0.3) is 0 Å². The summed E-state index contributed by atoms with van der Waals surface area (Å²) in [5.74, 6) is -0.374. The molecule has 4 nitrogen and oxygen atoms in total.